The fourth-order valence-electron chi connectivity index (χ4n) is 5.38. The number of carbonyl (C=O) groups is 3. The van der Waals surface area contributed by atoms with E-state index in [2.05, 4.69) is 10.6 Å². The molecule has 0 bridgehead atoms. The Labute approximate surface area is 229 Å². The van der Waals surface area contributed by atoms with Crippen LogP contribution in [0.5, 0.6) is 0 Å². The summed E-state index contributed by atoms with van der Waals surface area (Å²) in [7, 11) is 0. The number of nitrogens with zero attached hydrogens (tertiary/aromatic N) is 2. The van der Waals surface area contributed by atoms with Crippen LogP contribution in [0.1, 0.15) is 55.7 Å². The van der Waals surface area contributed by atoms with E-state index in [0.29, 0.717) is 24.6 Å². The van der Waals surface area contributed by atoms with E-state index in [1.54, 1.807) is 11.8 Å². The molecule has 1 fully saturated rings. The van der Waals surface area contributed by atoms with Gasteiger partial charge in [0, 0.05) is 17.5 Å². The van der Waals surface area contributed by atoms with Gasteiger partial charge in [0.2, 0.25) is 18.0 Å². The largest absolute Gasteiger partial charge is 0.345 e. The van der Waals surface area contributed by atoms with Crippen molar-refractivity contribution >= 4 is 29.1 Å². The van der Waals surface area contributed by atoms with E-state index >= 15 is 0 Å². The van der Waals surface area contributed by atoms with Crippen molar-refractivity contribution in [3.8, 4) is 0 Å². The third-order valence-corrected chi connectivity index (χ3v) is 7.44. The molecule has 7 nitrogen and oxygen atoms in total. The number of hydrogen-bond donors (Lipinski definition) is 2. The summed E-state index contributed by atoms with van der Waals surface area (Å²) in [6.07, 6.45) is 3.69. The lowest BCUT2D eigenvalue weighted by molar-refractivity contribution is -0.131. The molecule has 0 aromatic heterocycles. The SMILES string of the molecule is C[C@H](NC(=O)CC1CCCC1)C(=O)NC1N=C(c2ccccc2)c2ccccc2N(Cc2ccccc2)C1=O. The summed E-state index contributed by atoms with van der Waals surface area (Å²) >= 11 is 0. The molecule has 1 unspecified atom stereocenters. The first-order valence-electron chi connectivity index (χ1n) is 13.7. The van der Waals surface area contributed by atoms with Crippen molar-refractivity contribution < 1.29 is 14.4 Å². The number of rotatable bonds is 8. The maximum atomic E-state index is 14.0. The van der Waals surface area contributed by atoms with Crippen molar-refractivity contribution in [3.05, 3.63) is 102 Å². The molecule has 3 amide bonds. The molecule has 1 aliphatic heterocycles. The number of hydrogen-bond acceptors (Lipinski definition) is 4. The Morgan fingerprint density at radius 1 is 0.923 bits per heavy atom. The summed E-state index contributed by atoms with van der Waals surface area (Å²) in [5.74, 6) is -0.542. The van der Waals surface area contributed by atoms with Gasteiger partial charge in [-0.1, -0.05) is 91.7 Å². The van der Waals surface area contributed by atoms with Crippen LogP contribution in [-0.4, -0.2) is 35.6 Å². The van der Waals surface area contributed by atoms with Crippen LogP contribution in [0.4, 0.5) is 5.69 Å². The first-order valence-corrected chi connectivity index (χ1v) is 13.7. The molecule has 3 aromatic carbocycles. The van der Waals surface area contributed by atoms with Gasteiger partial charge in [-0.05, 0) is 37.3 Å². The van der Waals surface area contributed by atoms with Crippen molar-refractivity contribution in [2.75, 3.05) is 4.90 Å². The second-order valence-corrected chi connectivity index (χ2v) is 10.3. The van der Waals surface area contributed by atoms with Crippen LogP contribution in [0.2, 0.25) is 0 Å². The second kappa shape index (κ2) is 12.1. The molecular formula is C32H34N4O3. The topological polar surface area (TPSA) is 90.9 Å². The van der Waals surface area contributed by atoms with Gasteiger partial charge in [0.15, 0.2) is 0 Å². The zero-order valence-electron chi connectivity index (χ0n) is 22.2. The molecule has 1 aliphatic carbocycles. The van der Waals surface area contributed by atoms with E-state index < -0.39 is 18.1 Å². The molecular weight excluding hydrogens is 488 g/mol. The summed E-state index contributed by atoms with van der Waals surface area (Å²) in [5.41, 5.74) is 3.96. The third-order valence-electron chi connectivity index (χ3n) is 7.44. The van der Waals surface area contributed by atoms with Gasteiger partial charge < -0.3 is 15.5 Å². The maximum absolute atomic E-state index is 14.0. The summed E-state index contributed by atoms with van der Waals surface area (Å²) in [6, 6.07) is 26.3. The number of fused-ring (bicyclic) bond motifs is 1. The van der Waals surface area contributed by atoms with Gasteiger partial charge in [-0.15, -0.1) is 0 Å². The van der Waals surface area contributed by atoms with E-state index in [0.717, 1.165) is 48.1 Å². The minimum atomic E-state index is -1.15. The molecule has 1 saturated carbocycles. The molecule has 200 valence electrons. The summed E-state index contributed by atoms with van der Waals surface area (Å²) in [4.78, 5) is 46.4. The molecule has 39 heavy (non-hydrogen) atoms. The molecule has 0 radical (unpaired) electrons. The quantitative estimate of drug-likeness (QED) is 0.453. The van der Waals surface area contributed by atoms with E-state index in [-0.39, 0.29) is 11.8 Å². The summed E-state index contributed by atoms with van der Waals surface area (Å²) in [6.45, 7) is 1.97. The number of aliphatic imine (C=N–C) groups is 1. The van der Waals surface area contributed by atoms with Gasteiger partial charge in [-0.2, -0.15) is 0 Å². The van der Waals surface area contributed by atoms with Crippen molar-refractivity contribution in [2.24, 2.45) is 10.9 Å². The molecule has 2 aliphatic rings. The highest BCUT2D eigenvalue weighted by molar-refractivity contribution is 6.20. The van der Waals surface area contributed by atoms with Gasteiger partial charge in [0.25, 0.3) is 5.91 Å². The van der Waals surface area contributed by atoms with Crippen LogP contribution < -0.4 is 15.5 Å². The Morgan fingerprint density at radius 3 is 2.28 bits per heavy atom. The number of nitrogens with one attached hydrogen (secondary N) is 2. The highest BCUT2D eigenvalue weighted by Gasteiger charge is 2.34. The summed E-state index contributed by atoms with van der Waals surface area (Å²) in [5, 5.41) is 5.64. The van der Waals surface area contributed by atoms with Gasteiger partial charge in [-0.3, -0.25) is 14.4 Å². The number of anilines is 1. The lowest BCUT2D eigenvalue weighted by Gasteiger charge is -2.26. The first-order chi connectivity index (χ1) is 19.0. The minimum absolute atomic E-state index is 0.136. The molecule has 2 atom stereocenters. The highest BCUT2D eigenvalue weighted by atomic mass is 16.2. The van der Waals surface area contributed by atoms with E-state index in [4.69, 9.17) is 4.99 Å². The van der Waals surface area contributed by atoms with Crippen LogP contribution in [-0.2, 0) is 20.9 Å². The predicted octanol–water partition coefficient (Wildman–Crippen LogP) is 4.60. The highest BCUT2D eigenvalue weighted by Crippen LogP contribution is 2.30. The van der Waals surface area contributed by atoms with Gasteiger partial charge >= 0.3 is 0 Å². The van der Waals surface area contributed by atoms with Crippen molar-refractivity contribution in [2.45, 2.75) is 57.8 Å². The van der Waals surface area contributed by atoms with Crippen molar-refractivity contribution in [1.82, 2.24) is 10.6 Å². The van der Waals surface area contributed by atoms with Gasteiger partial charge in [0.05, 0.1) is 17.9 Å². The smallest absolute Gasteiger partial charge is 0.272 e. The molecule has 7 heteroatoms. The van der Waals surface area contributed by atoms with Crippen LogP contribution in [0.15, 0.2) is 89.9 Å². The zero-order valence-corrected chi connectivity index (χ0v) is 22.2. The Kier molecular flexibility index (Phi) is 8.16. The number of para-hydroxylation sites is 1. The second-order valence-electron chi connectivity index (χ2n) is 10.3. The van der Waals surface area contributed by atoms with Crippen molar-refractivity contribution in [1.29, 1.82) is 0 Å². The van der Waals surface area contributed by atoms with E-state index in [9.17, 15) is 14.4 Å². The number of carbonyl (C=O) groups excluding carboxylic acids is 3. The Balaban J connectivity index is 1.44. The van der Waals surface area contributed by atoms with Crippen molar-refractivity contribution in [3.63, 3.8) is 0 Å². The van der Waals surface area contributed by atoms with Gasteiger partial charge in [-0.25, -0.2) is 4.99 Å². The standard InChI is InChI=1S/C32H34N4O3/c1-22(33-28(37)20-23-12-8-9-13-23)31(38)35-30-32(39)36(21-24-14-4-2-5-15-24)27-19-11-10-18-26(27)29(34-30)25-16-6-3-7-17-25/h2-7,10-11,14-19,22-23,30H,8-9,12-13,20-21H2,1H3,(H,33,37)(H,35,38)/t22-,30?/m0/s1. The monoisotopic (exact) mass is 522 g/mol. The molecule has 1 heterocycles. The normalized spacial score (nSPS) is 18.1. The first kappa shape index (κ1) is 26.4. The minimum Gasteiger partial charge on any atom is -0.345 e. The third kappa shape index (κ3) is 6.25. The van der Waals surface area contributed by atoms with Crippen LogP contribution in [0, 0.1) is 5.92 Å². The lowest BCUT2D eigenvalue weighted by atomic mass is 10.00. The van der Waals surface area contributed by atoms with Crippen LogP contribution >= 0.6 is 0 Å². The average molecular weight is 523 g/mol. The maximum Gasteiger partial charge on any atom is 0.272 e. The van der Waals surface area contributed by atoms with E-state index in [1.807, 2.05) is 84.9 Å². The van der Waals surface area contributed by atoms with Gasteiger partial charge in [0.1, 0.15) is 6.04 Å². The number of benzene rings is 3. The fraction of sp³-hybridized carbons (Fsp3) is 0.312. The van der Waals surface area contributed by atoms with Crippen LogP contribution in [0.25, 0.3) is 0 Å². The van der Waals surface area contributed by atoms with Crippen LogP contribution in [0.3, 0.4) is 0 Å². The Hall–Kier alpha value is -4.26. The Morgan fingerprint density at radius 2 is 1.56 bits per heavy atom. The average Bonchev–Trinajstić information content (AvgIpc) is 3.44. The molecule has 3 aromatic rings. The molecule has 5 rings (SSSR count). The van der Waals surface area contributed by atoms with E-state index in [1.165, 1.54) is 0 Å². The molecule has 0 spiro atoms. The molecule has 0 saturated heterocycles. The number of amides is 3. The Bertz CT molecular complexity index is 1350. The number of benzodiazepines with no additional fused rings is 1. The zero-order chi connectivity index (χ0) is 27.2. The molecule has 2 N–H and O–H groups in total. The lowest BCUT2D eigenvalue weighted by Crippen LogP contribution is -2.52. The predicted molar refractivity (Wildman–Crippen MR) is 152 cm³/mol. The summed E-state index contributed by atoms with van der Waals surface area (Å²) < 4.78 is 0. The fourth-order valence-corrected chi connectivity index (χ4v) is 5.38.